The van der Waals surface area contributed by atoms with Crippen molar-refractivity contribution in [3.8, 4) is 5.75 Å². The number of rotatable bonds is 6. The lowest BCUT2D eigenvalue weighted by molar-refractivity contribution is 0.266. The number of nitrogens with one attached hydrogen (secondary N) is 1. The molecule has 0 saturated heterocycles. The molecule has 2 aromatic carbocycles. The molecule has 0 aliphatic heterocycles. The molecule has 1 atom stereocenters. The van der Waals surface area contributed by atoms with Gasteiger partial charge < -0.3 is 10.1 Å². The van der Waals surface area contributed by atoms with Crippen LogP contribution in [0.2, 0.25) is 0 Å². The Bertz CT molecular complexity index is 575. The van der Waals surface area contributed by atoms with Gasteiger partial charge in [-0.25, -0.2) is 0 Å². The SMILES string of the molecule is CCNC(COc1cc(C)ccc1C)c1ccc(C)cc1. The van der Waals surface area contributed by atoms with Gasteiger partial charge in [-0.15, -0.1) is 0 Å². The first-order chi connectivity index (χ1) is 10.1. The van der Waals surface area contributed by atoms with Gasteiger partial charge in [0.15, 0.2) is 0 Å². The van der Waals surface area contributed by atoms with Gasteiger partial charge in [0.1, 0.15) is 12.4 Å². The van der Waals surface area contributed by atoms with E-state index in [4.69, 9.17) is 4.74 Å². The predicted molar refractivity (Wildman–Crippen MR) is 89.0 cm³/mol. The summed E-state index contributed by atoms with van der Waals surface area (Å²) in [4.78, 5) is 0. The summed E-state index contributed by atoms with van der Waals surface area (Å²) < 4.78 is 6.05. The van der Waals surface area contributed by atoms with E-state index in [9.17, 15) is 0 Å². The van der Waals surface area contributed by atoms with Gasteiger partial charge in [-0.3, -0.25) is 0 Å². The van der Waals surface area contributed by atoms with Crippen molar-refractivity contribution < 1.29 is 4.74 Å². The van der Waals surface area contributed by atoms with Crippen LogP contribution in [0.25, 0.3) is 0 Å². The van der Waals surface area contributed by atoms with Crippen molar-refractivity contribution >= 4 is 0 Å². The van der Waals surface area contributed by atoms with Crippen LogP contribution in [0.3, 0.4) is 0 Å². The molecular weight excluding hydrogens is 258 g/mol. The second kappa shape index (κ2) is 7.28. The normalized spacial score (nSPS) is 12.2. The molecule has 0 spiro atoms. The quantitative estimate of drug-likeness (QED) is 0.851. The maximum absolute atomic E-state index is 6.05. The number of hydrogen-bond donors (Lipinski definition) is 1. The maximum Gasteiger partial charge on any atom is 0.122 e. The molecule has 0 saturated carbocycles. The van der Waals surface area contributed by atoms with E-state index in [2.05, 4.69) is 75.5 Å². The Hall–Kier alpha value is -1.80. The van der Waals surface area contributed by atoms with Gasteiger partial charge in [-0.1, -0.05) is 48.9 Å². The summed E-state index contributed by atoms with van der Waals surface area (Å²) in [6.07, 6.45) is 0. The predicted octanol–water partition coefficient (Wildman–Crippen LogP) is 4.34. The van der Waals surface area contributed by atoms with Crippen molar-refractivity contribution in [2.75, 3.05) is 13.2 Å². The fraction of sp³-hybridized carbons (Fsp3) is 0.368. The summed E-state index contributed by atoms with van der Waals surface area (Å²) in [7, 11) is 0. The molecule has 2 aromatic rings. The number of ether oxygens (including phenoxy) is 1. The molecule has 1 N–H and O–H groups in total. The molecule has 0 heterocycles. The lowest BCUT2D eigenvalue weighted by Crippen LogP contribution is -2.26. The van der Waals surface area contributed by atoms with Crippen LogP contribution >= 0.6 is 0 Å². The Labute approximate surface area is 128 Å². The minimum atomic E-state index is 0.218. The molecule has 0 aliphatic rings. The van der Waals surface area contributed by atoms with Gasteiger partial charge in [-0.05, 0) is 50.1 Å². The molecule has 0 amide bonds. The first kappa shape index (κ1) is 15.6. The zero-order valence-corrected chi connectivity index (χ0v) is 13.4. The molecule has 112 valence electrons. The second-order valence-electron chi connectivity index (χ2n) is 5.60. The second-order valence-corrected chi connectivity index (χ2v) is 5.60. The Morgan fingerprint density at radius 2 is 1.62 bits per heavy atom. The zero-order chi connectivity index (χ0) is 15.2. The van der Waals surface area contributed by atoms with Gasteiger partial charge in [-0.2, -0.15) is 0 Å². The van der Waals surface area contributed by atoms with Crippen LogP contribution in [0.4, 0.5) is 0 Å². The van der Waals surface area contributed by atoms with Crippen molar-refractivity contribution in [1.82, 2.24) is 5.32 Å². The van der Waals surface area contributed by atoms with Crippen LogP contribution in [0.5, 0.6) is 5.75 Å². The summed E-state index contributed by atoms with van der Waals surface area (Å²) in [5.41, 5.74) is 4.96. The average molecular weight is 283 g/mol. The van der Waals surface area contributed by atoms with Gasteiger partial charge in [0, 0.05) is 0 Å². The zero-order valence-electron chi connectivity index (χ0n) is 13.4. The molecule has 0 aromatic heterocycles. The minimum absolute atomic E-state index is 0.218. The smallest absolute Gasteiger partial charge is 0.122 e. The summed E-state index contributed by atoms with van der Waals surface area (Å²) in [6.45, 7) is 9.98. The van der Waals surface area contributed by atoms with Crippen molar-refractivity contribution in [3.63, 3.8) is 0 Å². The van der Waals surface area contributed by atoms with E-state index in [1.54, 1.807) is 0 Å². The number of likely N-dealkylation sites (N-methyl/N-ethyl adjacent to an activating group) is 1. The fourth-order valence-electron chi connectivity index (χ4n) is 2.35. The number of aryl methyl sites for hydroxylation is 3. The maximum atomic E-state index is 6.05. The van der Waals surface area contributed by atoms with E-state index < -0.39 is 0 Å². The summed E-state index contributed by atoms with van der Waals surface area (Å²) in [6, 6.07) is 15.2. The summed E-state index contributed by atoms with van der Waals surface area (Å²) >= 11 is 0. The van der Waals surface area contributed by atoms with Crippen molar-refractivity contribution in [3.05, 3.63) is 64.7 Å². The number of benzene rings is 2. The van der Waals surface area contributed by atoms with Gasteiger partial charge in [0.2, 0.25) is 0 Å². The molecule has 0 bridgehead atoms. The van der Waals surface area contributed by atoms with Crippen molar-refractivity contribution in [2.24, 2.45) is 0 Å². The van der Waals surface area contributed by atoms with Crippen LogP contribution in [0.15, 0.2) is 42.5 Å². The molecule has 2 heteroatoms. The van der Waals surface area contributed by atoms with Crippen LogP contribution in [0, 0.1) is 20.8 Å². The van der Waals surface area contributed by atoms with Gasteiger partial charge >= 0.3 is 0 Å². The highest BCUT2D eigenvalue weighted by atomic mass is 16.5. The van der Waals surface area contributed by atoms with E-state index in [-0.39, 0.29) is 6.04 Å². The first-order valence-electron chi connectivity index (χ1n) is 7.60. The standard InChI is InChI=1S/C19H25NO/c1-5-20-18(17-10-7-14(2)8-11-17)13-21-19-12-15(3)6-9-16(19)4/h6-12,18,20H,5,13H2,1-4H3. The largest absolute Gasteiger partial charge is 0.491 e. The lowest BCUT2D eigenvalue weighted by atomic mass is 10.1. The molecule has 2 rings (SSSR count). The minimum Gasteiger partial charge on any atom is -0.491 e. The third kappa shape index (κ3) is 4.33. The topological polar surface area (TPSA) is 21.3 Å². The molecule has 2 nitrogen and oxygen atoms in total. The highest BCUT2D eigenvalue weighted by Crippen LogP contribution is 2.21. The first-order valence-corrected chi connectivity index (χ1v) is 7.60. The molecule has 0 aliphatic carbocycles. The molecule has 21 heavy (non-hydrogen) atoms. The van der Waals surface area contributed by atoms with Gasteiger partial charge in [0.25, 0.3) is 0 Å². The highest BCUT2D eigenvalue weighted by molar-refractivity contribution is 5.36. The van der Waals surface area contributed by atoms with Crippen LogP contribution in [0.1, 0.15) is 35.2 Å². The average Bonchev–Trinajstić information content (AvgIpc) is 2.48. The molecule has 0 fully saturated rings. The molecule has 0 radical (unpaired) electrons. The Morgan fingerprint density at radius 3 is 2.29 bits per heavy atom. The number of hydrogen-bond acceptors (Lipinski definition) is 2. The van der Waals surface area contributed by atoms with Crippen LogP contribution in [-0.4, -0.2) is 13.2 Å². The van der Waals surface area contributed by atoms with Crippen molar-refractivity contribution in [1.29, 1.82) is 0 Å². The van der Waals surface area contributed by atoms with Crippen LogP contribution < -0.4 is 10.1 Å². The van der Waals surface area contributed by atoms with Crippen LogP contribution in [-0.2, 0) is 0 Å². The Morgan fingerprint density at radius 1 is 0.952 bits per heavy atom. The fourth-order valence-corrected chi connectivity index (χ4v) is 2.35. The molecular formula is C19H25NO. The lowest BCUT2D eigenvalue weighted by Gasteiger charge is -2.20. The third-order valence-electron chi connectivity index (χ3n) is 3.68. The molecule has 1 unspecified atom stereocenters. The monoisotopic (exact) mass is 283 g/mol. The van der Waals surface area contributed by atoms with E-state index in [1.165, 1.54) is 22.3 Å². The Balaban J connectivity index is 2.09. The van der Waals surface area contributed by atoms with Crippen molar-refractivity contribution in [2.45, 2.75) is 33.7 Å². The van der Waals surface area contributed by atoms with E-state index in [1.807, 2.05) is 0 Å². The van der Waals surface area contributed by atoms with E-state index >= 15 is 0 Å². The summed E-state index contributed by atoms with van der Waals surface area (Å²) in [5, 5.41) is 3.50. The third-order valence-corrected chi connectivity index (χ3v) is 3.68. The Kier molecular flexibility index (Phi) is 5.40. The van der Waals surface area contributed by atoms with Gasteiger partial charge in [0.05, 0.1) is 6.04 Å². The summed E-state index contributed by atoms with van der Waals surface area (Å²) in [5.74, 6) is 0.977. The van der Waals surface area contributed by atoms with E-state index in [0.29, 0.717) is 6.61 Å². The highest BCUT2D eigenvalue weighted by Gasteiger charge is 2.11. The van der Waals surface area contributed by atoms with E-state index in [0.717, 1.165) is 12.3 Å².